The van der Waals surface area contributed by atoms with E-state index in [0.717, 1.165) is 22.4 Å². The van der Waals surface area contributed by atoms with E-state index in [2.05, 4.69) is 5.32 Å². The number of anilines is 2. The maximum atomic E-state index is 12.9. The van der Waals surface area contributed by atoms with Gasteiger partial charge in [0.05, 0.1) is 18.6 Å². The van der Waals surface area contributed by atoms with Gasteiger partial charge in [-0.25, -0.2) is 8.42 Å². The second-order valence-electron chi connectivity index (χ2n) is 7.02. The lowest BCUT2D eigenvalue weighted by atomic mass is 10.0. The van der Waals surface area contributed by atoms with Crippen molar-refractivity contribution >= 4 is 27.3 Å². The van der Waals surface area contributed by atoms with Crippen LogP contribution in [0.2, 0.25) is 0 Å². The molecule has 0 saturated carbocycles. The predicted molar refractivity (Wildman–Crippen MR) is 125 cm³/mol. The normalized spacial score (nSPS) is 11.1. The second-order valence-corrected chi connectivity index (χ2v) is 9.20. The van der Waals surface area contributed by atoms with Gasteiger partial charge in [0.25, 0.3) is 0 Å². The summed E-state index contributed by atoms with van der Waals surface area (Å²) in [4.78, 5) is 12.9. The van der Waals surface area contributed by atoms with Crippen LogP contribution in [0.25, 0.3) is 11.1 Å². The number of rotatable bonds is 8. The minimum atomic E-state index is -3.63. The zero-order chi connectivity index (χ0) is 22.4. The summed E-state index contributed by atoms with van der Waals surface area (Å²) in [5.74, 6) is 0.224. The number of hydrogen-bond acceptors (Lipinski definition) is 4. The Balaban J connectivity index is 1.88. The van der Waals surface area contributed by atoms with Crippen LogP contribution in [-0.4, -0.2) is 33.7 Å². The average molecular weight is 439 g/mol. The Kier molecular flexibility index (Phi) is 6.97. The van der Waals surface area contributed by atoms with Crippen molar-refractivity contribution in [3.8, 4) is 16.9 Å². The van der Waals surface area contributed by atoms with E-state index in [4.69, 9.17) is 4.74 Å². The number of methoxy groups -OCH3 is 1. The molecule has 0 unspecified atom stereocenters. The minimum absolute atomic E-state index is 0.100. The Labute approximate surface area is 183 Å². The Morgan fingerprint density at radius 2 is 1.61 bits per heavy atom. The summed E-state index contributed by atoms with van der Waals surface area (Å²) in [5.41, 5.74) is 3.64. The summed E-state index contributed by atoms with van der Waals surface area (Å²) in [6.45, 7) is 3.08. The molecule has 0 aromatic heterocycles. The number of ether oxygens (including phenoxy) is 1. The number of nitrogens with zero attached hydrogens (tertiary/aromatic N) is 1. The number of carbonyl (C=O) groups is 1. The lowest BCUT2D eigenvalue weighted by molar-refractivity contribution is -0.114. The highest BCUT2D eigenvalue weighted by Crippen LogP contribution is 2.29. The zero-order valence-electron chi connectivity index (χ0n) is 17.8. The van der Waals surface area contributed by atoms with Crippen molar-refractivity contribution in [2.45, 2.75) is 13.8 Å². The quantitative estimate of drug-likeness (QED) is 0.563. The van der Waals surface area contributed by atoms with Gasteiger partial charge < -0.3 is 10.1 Å². The van der Waals surface area contributed by atoms with Gasteiger partial charge in [0.1, 0.15) is 12.3 Å². The fourth-order valence-electron chi connectivity index (χ4n) is 3.27. The average Bonchev–Trinajstić information content (AvgIpc) is 2.78. The third kappa shape index (κ3) is 5.24. The van der Waals surface area contributed by atoms with Gasteiger partial charge in [0.2, 0.25) is 15.9 Å². The summed E-state index contributed by atoms with van der Waals surface area (Å²) < 4.78 is 31.8. The maximum absolute atomic E-state index is 12.9. The smallest absolute Gasteiger partial charge is 0.245 e. The Morgan fingerprint density at radius 3 is 2.26 bits per heavy atom. The predicted octanol–water partition coefficient (Wildman–Crippen LogP) is 4.47. The lowest BCUT2D eigenvalue weighted by Crippen LogP contribution is -2.39. The van der Waals surface area contributed by atoms with Crippen molar-refractivity contribution in [2.75, 3.05) is 29.0 Å². The van der Waals surface area contributed by atoms with Crippen LogP contribution in [0.15, 0.2) is 72.8 Å². The molecule has 0 aliphatic carbocycles. The van der Waals surface area contributed by atoms with E-state index in [-0.39, 0.29) is 12.3 Å². The van der Waals surface area contributed by atoms with E-state index in [0.29, 0.717) is 11.4 Å². The Morgan fingerprint density at radius 1 is 0.968 bits per heavy atom. The molecule has 3 rings (SSSR count). The minimum Gasteiger partial charge on any atom is -0.497 e. The number of sulfonamides is 1. The highest BCUT2D eigenvalue weighted by atomic mass is 32.2. The van der Waals surface area contributed by atoms with E-state index >= 15 is 0 Å². The van der Waals surface area contributed by atoms with E-state index in [1.165, 1.54) is 4.31 Å². The Bertz CT molecular complexity index is 1160. The number of para-hydroxylation sites is 2. The first-order chi connectivity index (χ1) is 14.9. The molecule has 0 aliphatic heterocycles. The van der Waals surface area contributed by atoms with E-state index < -0.39 is 15.9 Å². The molecule has 1 N–H and O–H groups in total. The summed E-state index contributed by atoms with van der Waals surface area (Å²) >= 11 is 0. The van der Waals surface area contributed by atoms with Crippen molar-refractivity contribution in [1.82, 2.24) is 0 Å². The zero-order valence-corrected chi connectivity index (χ0v) is 18.6. The summed E-state index contributed by atoms with van der Waals surface area (Å²) in [7, 11) is -2.03. The monoisotopic (exact) mass is 438 g/mol. The Hall–Kier alpha value is -3.32. The number of nitrogens with one attached hydrogen (secondary N) is 1. The van der Waals surface area contributed by atoms with Gasteiger partial charge in [-0.15, -0.1) is 0 Å². The van der Waals surface area contributed by atoms with Crippen LogP contribution in [-0.2, 0) is 14.8 Å². The summed E-state index contributed by atoms with van der Waals surface area (Å²) in [6, 6.07) is 22.0. The molecule has 0 fully saturated rings. The standard InChI is InChI=1S/C24H26N2O4S/c1-4-31(28,29)26(23-12-8-5-9-18(23)2)17-24(27)25-22-11-7-6-10-21(22)19-13-15-20(30-3)16-14-19/h5-16H,4,17H2,1-3H3,(H,25,27). The van der Waals surface area contributed by atoms with Crippen LogP contribution < -0.4 is 14.4 Å². The molecule has 0 atom stereocenters. The first-order valence-electron chi connectivity index (χ1n) is 9.95. The van der Waals surface area contributed by atoms with Crippen molar-refractivity contribution < 1.29 is 17.9 Å². The van der Waals surface area contributed by atoms with Crippen molar-refractivity contribution in [3.05, 3.63) is 78.4 Å². The fraction of sp³-hybridized carbons (Fsp3) is 0.208. The van der Waals surface area contributed by atoms with Gasteiger partial charge in [-0.2, -0.15) is 0 Å². The number of amides is 1. The molecule has 0 saturated heterocycles. The maximum Gasteiger partial charge on any atom is 0.245 e. The van der Waals surface area contributed by atoms with Gasteiger partial charge in [-0.1, -0.05) is 48.5 Å². The van der Waals surface area contributed by atoms with Gasteiger partial charge in [0, 0.05) is 11.3 Å². The SMILES string of the molecule is CCS(=O)(=O)N(CC(=O)Nc1ccccc1-c1ccc(OC)cc1)c1ccccc1C. The molecule has 6 nitrogen and oxygen atoms in total. The fourth-order valence-corrected chi connectivity index (χ4v) is 4.40. The highest BCUT2D eigenvalue weighted by Gasteiger charge is 2.25. The van der Waals surface area contributed by atoms with Crippen LogP contribution in [0.1, 0.15) is 12.5 Å². The molecular formula is C24H26N2O4S. The molecule has 3 aromatic rings. The number of benzene rings is 3. The van der Waals surface area contributed by atoms with Gasteiger partial charge >= 0.3 is 0 Å². The highest BCUT2D eigenvalue weighted by molar-refractivity contribution is 7.92. The van der Waals surface area contributed by atoms with E-state index in [9.17, 15) is 13.2 Å². The number of hydrogen-bond donors (Lipinski definition) is 1. The van der Waals surface area contributed by atoms with Crippen LogP contribution in [0.4, 0.5) is 11.4 Å². The number of aryl methyl sites for hydroxylation is 1. The van der Waals surface area contributed by atoms with Crippen molar-refractivity contribution in [1.29, 1.82) is 0 Å². The third-order valence-electron chi connectivity index (χ3n) is 4.97. The largest absolute Gasteiger partial charge is 0.497 e. The molecule has 0 heterocycles. The summed E-state index contributed by atoms with van der Waals surface area (Å²) in [6.07, 6.45) is 0. The second kappa shape index (κ2) is 9.66. The molecule has 3 aromatic carbocycles. The van der Waals surface area contributed by atoms with E-state index in [1.807, 2.05) is 61.5 Å². The van der Waals surface area contributed by atoms with Crippen LogP contribution in [0, 0.1) is 6.92 Å². The molecule has 0 aliphatic rings. The molecule has 1 amide bonds. The van der Waals surface area contributed by atoms with Crippen molar-refractivity contribution in [3.63, 3.8) is 0 Å². The lowest BCUT2D eigenvalue weighted by Gasteiger charge is -2.25. The summed E-state index contributed by atoms with van der Waals surface area (Å²) in [5, 5.41) is 2.88. The molecular weight excluding hydrogens is 412 g/mol. The first kappa shape index (κ1) is 22.4. The van der Waals surface area contributed by atoms with Crippen molar-refractivity contribution in [2.24, 2.45) is 0 Å². The molecule has 0 spiro atoms. The third-order valence-corrected chi connectivity index (χ3v) is 6.70. The molecule has 31 heavy (non-hydrogen) atoms. The molecule has 0 radical (unpaired) electrons. The molecule has 162 valence electrons. The van der Waals surface area contributed by atoms with Gasteiger partial charge in [-0.05, 0) is 49.2 Å². The molecule has 7 heteroatoms. The number of carbonyl (C=O) groups excluding carboxylic acids is 1. The van der Waals surface area contributed by atoms with Crippen LogP contribution in [0.3, 0.4) is 0 Å². The van der Waals surface area contributed by atoms with Gasteiger partial charge in [0.15, 0.2) is 0 Å². The molecule has 0 bridgehead atoms. The van der Waals surface area contributed by atoms with Gasteiger partial charge in [-0.3, -0.25) is 9.10 Å². The van der Waals surface area contributed by atoms with Crippen LogP contribution >= 0.6 is 0 Å². The topological polar surface area (TPSA) is 75.7 Å². The van der Waals surface area contributed by atoms with Crippen LogP contribution in [0.5, 0.6) is 5.75 Å². The first-order valence-corrected chi connectivity index (χ1v) is 11.6. The van der Waals surface area contributed by atoms with E-state index in [1.54, 1.807) is 32.2 Å².